The molecule has 0 bridgehead atoms. The van der Waals surface area contributed by atoms with Crippen molar-refractivity contribution in [2.24, 2.45) is 7.05 Å². The Balaban J connectivity index is 1.04. The summed E-state index contributed by atoms with van der Waals surface area (Å²) in [5.74, 6) is 2.75. The summed E-state index contributed by atoms with van der Waals surface area (Å²) in [6.45, 7) is 2.83. The smallest absolute Gasteiger partial charge is 0.175 e. The predicted octanol–water partition coefficient (Wildman–Crippen LogP) is 5.61. The number of hydrogen-bond donors (Lipinski definition) is 1. The number of ether oxygens (including phenoxy) is 1. The largest absolute Gasteiger partial charge is 0.490 e. The van der Waals surface area contributed by atoms with Gasteiger partial charge in [0.25, 0.3) is 0 Å². The van der Waals surface area contributed by atoms with Crippen LogP contribution in [0.15, 0.2) is 83.5 Å². The molecule has 1 aliphatic heterocycles. The second-order valence-electron chi connectivity index (χ2n) is 9.79. The third-order valence-electron chi connectivity index (χ3n) is 7.30. The second-order valence-corrected chi connectivity index (χ2v) is 9.79. The monoisotopic (exact) mass is 481 g/mol. The highest BCUT2D eigenvalue weighted by Gasteiger charge is 2.23. The van der Waals surface area contributed by atoms with Crippen molar-refractivity contribution in [3.63, 3.8) is 0 Å². The van der Waals surface area contributed by atoms with E-state index < -0.39 is 6.10 Å². The Bertz CT molecular complexity index is 1480. The van der Waals surface area contributed by atoms with Crippen LogP contribution >= 0.6 is 0 Å². The van der Waals surface area contributed by atoms with Crippen molar-refractivity contribution in [3.05, 3.63) is 84.7 Å². The van der Waals surface area contributed by atoms with Crippen LogP contribution in [0.5, 0.6) is 5.75 Å². The quantitative estimate of drug-likeness (QED) is 0.328. The fourth-order valence-corrected chi connectivity index (χ4v) is 5.32. The van der Waals surface area contributed by atoms with Gasteiger partial charge in [0.2, 0.25) is 0 Å². The molecule has 1 atom stereocenters. The summed E-state index contributed by atoms with van der Waals surface area (Å²) in [7, 11) is 1.94. The lowest BCUT2D eigenvalue weighted by Gasteiger charge is -2.33. The molecule has 0 spiro atoms. The van der Waals surface area contributed by atoms with Gasteiger partial charge in [0, 0.05) is 26.0 Å². The molecular formula is C30H31N3O3. The molecule has 1 aliphatic rings. The van der Waals surface area contributed by atoms with Crippen molar-refractivity contribution in [2.75, 3.05) is 26.2 Å². The van der Waals surface area contributed by atoms with Crippen molar-refractivity contribution >= 4 is 21.7 Å². The summed E-state index contributed by atoms with van der Waals surface area (Å²) in [6.07, 6.45) is 5.30. The minimum atomic E-state index is -0.557. The fraction of sp³-hybridized carbons (Fsp3) is 0.300. The number of aryl methyl sites for hydroxylation is 1. The zero-order valence-corrected chi connectivity index (χ0v) is 20.5. The highest BCUT2D eigenvalue weighted by molar-refractivity contribution is 5.87. The van der Waals surface area contributed by atoms with E-state index in [-0.39, 0.29) is 6.61 Å². The van der Waals surface area contributed by atoms with E-state index in [0.717, 1.165) is 42.7 Å². The first kappa shape index (κ1) is 22.8. The minimum absolute atomic E-state index is 0.243. The van der Waals surface area contributed by atoms with E-state index in [1.807, 2.05) is 42.1 Å². The zero-order chi connectivity index (χ0) is 24.5. The van der Waals surface area contributed by atoms with Crippen molar-refractivity contribution in [1.29, 1.82) is 0 Å². The Hall–Kier alpha value is -3.61. The van der Waals surface area contributed by atoms with E-state index in [1.165, 1.54) is 16.3 Å². The lowest BCUT2D eigenvalue weighted by atomic mass is 9.88. The highest BCUT2D eigenvalue weighted by atomic mass is 16.5. The van der Waals surface area contributed by atoms with Crippen LogP contribution in [0.3, 0.4) is 0 Å². The van der Waals surface area contributed by atoms with Gasteiger partial charge in [-0.25, -0.2) is 4.98 Å². The summed E-state index contributed by atoms with van der Waals surface area (Å²) >= 11 is 0. The Kier molecular flexibility index (Phi) is 6.21. The van der Waals surface area contributed by atoms with Crippen molar-refractivity contribution < 1.29 is 14.3 Å². The number of imidazole rings is 1. The number of hydrogen-bond acceptors (Lipinski definition) is 5. The maximum absolute atomic E-state index is 10.7. The number of fused-ring (bicyclic) bond motifs is 2. The lowest BCUT2D eigenvalue weighted by Crippen LogP contribution is -2.40. The van der Waals surface area contributed by atoms with E-state index >= 15 is 0 Å². The number of furan rings is 1. The van der Waals surface area contributed by atoms with Crippen LogP contribution in [0.1, 0.15) is 24.3 Å². The summed E-state index contributed by atoms with van der Waals surface area (Å²) in [5.41, 5.74) is 2.17. The Morgan fingerprint density at radius 3 is 2.67 bits per heavy atom. The summed E-state index contributed by atoms with van der Waals surface area (Å²) in [6, 6.07) is 23.1. The normalized spacial score (nSPS) is 16.1. The van der Waals surface area contributed by atoms with E-state index in [4.69, 9.17) is 9.15 Å². The molecule has 1 saturated heterocycles. The molecule has 0 saturated carbocycles. The van der Waals surface area contributed by atoms with Crippen LogP contribution < -0.4 is 4.74 Å². The van der Waals surface area contributed by atoms with Crippen LogP contribution in [0.4, 0.5) is 0 Å². The lowest BCUT2D eigenvalue weighted by molar-refractivity contribution is 0.0599. The van der Waals surface area contributed by atoms with Gasteiger partial charge in [-0.3, -0.25) is 0 Å². The maximum Gasteiger partial charge on any atom is 0.175 e. The van der Waals surface area contributed by atoms with Gasteiger partial charge in [-0.05, 0) is 66.4 Å². The molecule has 0 radical (unpaired) electrons. The van der Waals surface area contributed by atoms with Gasteiger partial charge in [-0.2, -0.15) is 0 Å². The van der Waals surface area contributed by atoms with Gasteiger partial charge >= 0.3 is 0 Å². The predicted molar refractivity (Wildman–Crippen MR) is 142 cm³/mol. The van der Waals surface area contributed by atoms with Crippen molar-refractivity contribution in [2.45, 2.75) is 24.9 Å². The number of nitrogens with zero attached hydrogens (tertiary/aromatic N) is 3. The van der Waals surface area contributed by atoms with E-state index in [9.17, 15) is 5.11 Å². The molecule has 3 aromatic carbocycles. The number of rotatable bonds is 7. The van der Waals surface area contributed by atoms with Gasteiger partial charge in [-0.1, -0.05) is 48.5 Å². The number of benzene rings is 3. The molecule has 0 unspecified atom stereocenters. The zero-order valence-electron chi connectivity index (χ0n) is 20.5. The average molecular weight is 482 g/mol. The standard InChI is InChI=1S/C30H31N3O3/c1-32-16-13-31-30(32)29-18-26-27(7-4-8-28(26)36-29)35-20-25(34)19-33-14-11-22(12-15-33)24-10-9-21-5-2-3-6-23(21)17-24/h2-10,13,16-18,22,25,34H,11-12,14-15,19-20H2,1H3/t25-/m0/s1. The molecule has 0 amide bonds. The second kappa shape index (κ2) is 9.80. The summed E-state index contributed by atoms with van der Waals surface area (Å²) in [4.78, 5) is 6.72. The molecular weight excluding hydrogens is 450 g/mol. The molecule has 5 aromatic rings. The van der Waals surface area contributed by atoms with Crippen LogP contribution in [0.2, 0.25) is 0 Å². The molecule has 1 fully saturated rings. The van der Waals surface area contributed by atoms with Crippen LogP contribution in [-0.4, -0.2) is 51.9 Å². The van der Waals surface area contributed by atoms with Crippen molar-refractivity contribution in [1.82, 2.24) is 14.5 Å². The van der Waals surface area contributed by atoms with Gasteiger partial charge in [0.05, 0.1) is 5.39 Å². The number of piperidine rings is 1. The van der Waals surface area contributed by atoms with Gasteiger partial charge in [-0.15, -0.1) is 0 Å². The molecule has 6 heteroatoms. The Labute approximate surface area is 210 Å². The van der Waals surface area contributed by atoms with Crippen LogP contribution in [0, 0.1) is 0 Å². The van der Waals surface area contributed by atoms with E-state index in [0.29, 0.717) is 24.0 Å². The third-order valence-corrected chi connectivity index (χ3v) is 7.30. The first-order valence-corrected chi connectivity index (χ1v) is 12.7. The highest BCUT2D eigenvalue weighted by Crippen LogP contribution is 2.33. The molecule has 1 N–H and O–H groups in total. The van der Waals surface area contributed by atoms with Gasteiger partial charge < -0.3 is 23.7 Å². The van der Waals surface area contributed by atoms with Crippen LogP contribution in [-0.2, 0) is 7.05 Å². The average Bonchev–Trinajstić information content (AvgIpc) is 3.53. The number of likely N-dealkylation sites (tertiary alicyclic amines) is 1. The first-order valence-electron chi connectivity index (χ1n) is 12.7. The van der Waals surface area contributed by atoms with E-state index in [1.54, 1.807) is 6.20 Å². The molecule has 6 rings (SSSR count). The van der Waals surface area contributed by atoms with E-state index in [2.05, 4.69) is 52.3 Å². The van der Waals surface area contributed by atoms with Crippen LogP contribution in [0.25, 0.3) is 33.3 Å². The SMILES string of the molecule is Cn1ccnc1-c1cc2c(OC[C@@H](O)CN3CCC(c4ccc5ccccc5c4)CC3)cccc2o1. The molecule has 3 heterocycles. The molecule has 2 aromatic heterocycles. The fourth-order valence-electron chi connectivity index (χ4n) is 5.32. The molecule has 0 aliphatic carbocycles. The topological polar surface area (TPSA) is 63.7 Å². The molecule has 36 heavy (non-hydrogen) atoms. The molecule has 184 valence electrons. The number of β-amino-alcohol motifs (C(OH)–C–C–N with tert-alkyl or cyclic N) is 1. The van der Waals surface area contributed by atoms with Crippen molar-refractivity contribution in [3.8, 4) is 17.3 Å². The number of aliphatic hydroxyl groups is 1. The summed E-state index contributed by atoms with van der Waals surface area (Å²) < 4.78 is 14.0. The third kappa shape index (κ3) is 4.62. The maximum atomic E-state index is 10.7. The summed E-state index contributed by atoms with van der Waals surface area (Å²) in [5, 5.41) is 14.2. The minimum Gasteiger partial charge on any atom is -0.490 e. The Morgan fingerprint density at radius 1 is 1.03 bits per heavy atom. The number of aromatic nitrogens is 2. The van der Waals surface area contributed by atoms with Gasteiger partial charge in [0.15, 0.2) is 11.6 Å². The number of aliphatic hydroxyl groups excluding tert-OH is 1. The Morgan fingerprint density at radius 2 is 1.86 bits per heavy atom. The van der Waals surface area contributed by atoms with Gasteiger partial charge in [0.1, 0.15) is 24.0 Å². The molecule has 6 nitrogen and oxygen atoms in total. The first-order chi connectivity index (χ1) is 17.6.